The summed E-state index contributed by atoms with van der Waals surface area (Å²) in [5.41, 5.74) is 14.6. The quantitative estimate of drug-likeness (QED) is 0.192. The van der Waals surface area contributed by atoms with Crippen molar-refractivity contribution in [3.05, 3.63) is 152 Å². The Hall–Kier alpha value is -6.58. The number of benzene rings is 8. The van der Waals surface area contributed by atoms with E-state index in [-0.39, 0.29) is 0 Å². The Kier molecular flexibility index (Phi) is 4.72. The molecule has 0 fully saturated rings. The van der Waals surface area contributed by atoms with Gasteiger partial charge in [0.25, 0.3) is 0 Å². The minimum Gasteiger partial charge on any atom is -0.456 e. The normalized spacial score (nSPS) is 12.5. The van der Waals surface area contributed by atoms with Crippen molar-refractivity contribution >= 4 is 76.5 Å². The monoisotopic (exact) mass is 623 g/mol. The average molecular weight is 624 g/mol. The molecule has 0 amide bonds. The van der Waals surface area contributed by atoms with Gasteiger partial charge in [-0.05, 0) is 98.8 Å². The second kappa shape index (κ2) is 9.06. The van der Waals surface area contributed by atoms with Crippen LogP contribution in [0.2, 0.25) is 0 Å². The number of hydrogen-bond donors (Lipinski definition) is 0. The zero-order valence-electron chi connectivity index (χ0n) is 26.2. The molecule has 3 heterocycles. The number of nitrogens with zero attached hydrogens (tertiary/aromatic N) is 1. The van der Waals surface area contributed by atoms with Gasteiger partial charge in [-0.2, -0.15) is 0 Å². The number of aromatic nitrogens is 1. The first-order valence-electron chi connectivity index (χ1n) is 16.8. The lowest BCUT2D eigenvalue weighted by Crippen LogP contribution is -1.93. The molecular formula is C46H25NO2. The number of para-hydroxylation sites is 2. The van der Waals surface area contributed by atoms with Gasteiger partial charge >= 0.3 is 0 Å². The third-order valence-corrected chi connectivity index (χ3v) is 10.8. The molecule has 0 spiro atoms. The largest absolute Gasteiger partial charge is 0.456 e. The standard InChI is InChI=1S/C46H25NO2/c1-2-9-30-29(8-1)33-13-7-12-32-28(18-19-34(30)44(32)33)26-16-22-42-37(24-26)38-25-27(17-23-43(38)48-42)47-39-14-5-3-11-36(39)45-40(47)21-20-35-31-10-4-6-15-41(31)49-46(35)45/h1-25H. The average Bonchev–Trinajstić information content (AvgIpc) is 3.90. The molecule has 0 radical (unpaired) electrons. The van der Waals surface area contributed by atoms with Crippen molar-refractivity contribution in [1.82, 2.24) is 4.57 Å². The highest BCUT2D eigenvalue weighted by molar-refractivity contribution is 6.24. The fourth-order valence-electron chi connectivity index (χ4n) is 8.65. The highest BCUT2D eigenvalue weighted by Gasteiger charge is 2.23. The summed E-state index contributed by atoms with van der Waals surface area (Å²) in [6, 6.07) is 54.6. The molecule has 3 heteroatoms. The van der Waals surface area contributed by atoms with Crippen LogP contribution in [0.1, 0.15) is 0 Å². The van der Waals surface area contributed by atoms with E-state index in [0.29, 0.717) is 0 Å². The Morgan fingerprint density at radius 3 is 1.92 bits per heavy atom. The van der Waals surface area contributed by atoms with Crippen molar-refractivity contribution in [3.8, 4) is 39.1 Å². The van der Waals surface area contributed by atoms with E-state index in [9.17, 15) is 0 Å². The van der Waals surface area contributed by atoms with Crippen molar-refractivity contribution in [2.45, 2.75) is 0 Å². The van der Waals surface area contributed by atoms with Crippen LogP contribution in [0.25, 0.3) is 116 Å². The third kappa shape index (κ3) is 3.26. The molecule has 1 aliphatic rings. The first-order chi connectivity index (χ1) is 24.3. The Morgan fingerprint density at radius 1 is 0.347 bits per heavy atom. The second-order valence-electron chi connectivity index (χ2n) is 13.2. The van der Waals surface area contributed by atoms with Gasteiger partial charge in [-0.15, -0.1) is 0 Å². The van der Waals surface area contributed by atoms with Crippen LogP contribution in [-0.4, -0.2) is 4.57 Å². The highest BCUT2D eigenvalue weighted by atomic mass is 16.3. The molecule has 0 bridgehead atoms. The SMILES string of the molecule is c1ccc2c(c1)-c1cccc3c(-c4ccc5oc6ccc(-n7c8ccccc8c8c9oc%10ccccc%10c9ccc87)cc6c5c4)ccc-2c13. The second-order valence-corrected chi connectivity index (χ2v) is 13.2. The Balaban J connectivity index is 1.08. The maximum atomic E-state index is 6.53. The Labute approximate surface area is 279 Å². The van der Waals surface area contributed by atoms with Gasteiger partial charge in [0, 0.05) is 32.6 Å². The molecular weight excluding hydrogens is 599 g/mol. The minimum absolute atomic E-state index is 0.882. The number of rotatable bonds is 2. The molecule has 1 aliphatic carbocycles. The molecule has 3 aromatic heterocycles. The number of furan rings is 2. The van der Waals surface area contributed by atoms with E-state index in [2.05, 4.69) is 150 Å². The molecule has 3 nitrogen and oxygen atoms in total. The summed E-state index contributed by atoms with van der Waals surface area (Å²) in [4.78, 5) is 0. The van der Waals surface area contributed by atoms with Crippen LogP contribution >= 0.6 is 0 Å². The summed E-state index contributed by atoms with van der Waals surface area (Å²) in [6.07, 6.45) is 0. The van der Waals surface area contributed by atoms with Crippen molar-refractivity contribution < 1.29 is 8.83 Å². The van der Waals surface area contributed by atoms with Crippen LogP contribution in [0.5, 0.6) is 0 Å². The lowest BCUT2D eigenvalue weighted by molar-refractivity contribution is 0.669. The lowest BCUT2D eigenvalue weighted by atomic mass is 9.93. The summed E-state index contributed by atoms with van der Waals surface area (Å²) in [5, 5.41) is 9.43. The van der Waals surface area contributed by atoms with Gasteiger partial charge < -0.3 is 13.4 Å². The first kappa shape index (κ1) is 25.5. The summed E-state index contributed by atoms with van der Waals surface area (Å²) in [5.74, 6) is 0. The smallest absolute Gasteiger partial charge is 0.145 e. The van der Waals surface area contributed by atoms with Crippen LogP contribution in [-0.2, 0) is 0 Å². The van der Waals surface area contributed by atoms with Crippen LogP contribution in [0.15, 0.2) is 160 Å². The Morgan fingerprint density at radius 2 is 1.02 bits per heavy atom. The molecule has 226 valence electrons. The van der Waals surface area contributed by atoms with Crippen molar-refractivity contribution in [1.29, 1.82) is 0 Å². The predicted molar refractivity (Wildman–Crippen MR) is 203 cm³/mol. The first-order valence-corrected chi connectivity index (χ1v) is 16.8. The third-order valence-electron chi connectivity index (χ3n) is 10.8. The predicted octanol–water partition coefficient (Wildman–Crippen LogP) is 13.1. The topological polar surface area (TPSA) is 31.2 Å². The van der Waals surface area contributed by atoms with Gasteiger partial charge in [0.05, 0.1) is 16.4 Å². The van der Waals surface area contributed by atoms with Crippen LogP contribution < -0.4 is 0 Å². The van der Waals surface area contributed by atoms with Gasteiger partial charge in [0.2, 0.25) is 0 Å². The Bertz CT molecular complexity index is 3190. The number of fused-ring (bicyclic) bond motifs is 13. The maximum Gasteiger partial charge on any atom is 0.145 e. The van der Waals surface area contributed by atoms with Crippen molar-refractivity contribution in [3.63, 3.8) is 0 Å². The molecule has 0 unspecified atom stereocenters. The molecule has 49 heavy (non-hydrogen) atoms. The summed E-state index contributed by atoms with van der Waals surface area (Å²) in [6.45, 7) is 0. The zero-order chi connectivity index (χ0) is 31.8. The fraction of sp³-hybridized carbons (Fsp3) is 0. The summed E-state index contributed by atoms with van der Waals surface area (Å²) < 4.78 is 15.3. The molecule has 0 aliphatic heterocycles. The molecule has 11 aromatic rings. The molecule has 0 atom stereocenters. The lowest BCUT2D eigenvalue weighted by Gasteiger charge is -2.10. The van der Waals surface area contributed by atoms with Crippen molar-refractivity contribution in [2.24, 2.45) is 0 Å². The highest BCUT2D eigenvalue weighted by Crippen LogP contribution is 2.49. The van der Waals surface area contributed by atoms with E-state index in [1.165, 1.54) is 49.5 Å². The van der Waals surface area contributed by atoms with Gasteiger partial charge in [-0.1, -0.05) is 97.1 Å². The van der Waals surface area contributed by atoms with Crippen LogP contribution in [0.3, 0.4) is 0 Å². The summed E-state index contributed by atoms with van der Waals surface area (Å²) in [7, 11) is 0. The van der Waals surface area contributed by atoms with E-state index >= 15 is 0 Å². The van der Waals surface area contributed by atoms with E-state index in [0.717, 1.165) is 66.0 Å². The summed E-state index contributed by atoms with van der Waals surface area (Å²) >= 11 is 0. The van der Waals surface area contributed by atoms with E-state index in [1.54, 1.807) is 0 Å². The molecule has 8 aromatic carbocycles. The van der Waals surface area contributed by atoms with Gasteiger partial charge in [-0.3, -0.25) is 0 Å². The fourth-order valence-corrected chi connectivity index (χ4v) is 8.65. The van der Waals surface area contributed by atoms with Crippen molar-refractivity contribution in [2.75, 3.05) is 0 Å². The van der Waals surface area contributed by atoms with Crippen LogP contribution in [0.4, 0.5) is 0 Å². The zero-order valence-corrected chi connectivity index (χ0v) is 26.2. The van der Waals surface area contributed by atoms with Gasteiger partial charge in [0.15, 0.2) is 0 Å². The van der Waals surface area contributed by atoms with E-state index < -0.39 is 0 Å². The maximum absolute atomic E-state index is 6.53. The van der Waals surface area contributed by atoms with Crippen LogP contribution in [0, 0.1) is 0 Å². The van der Waals surface area contributed by atoms with Gasteiger partial charge in [0.1, 0.15) is 22.3 Å². The number of hydrogen-bond acceptors (Lipinski definition) is 2. The van der Waals surface area contributed by atoms with E-state index in [1.807, 2.05) is 6.07 Å². The minimum atomic E-state index is 0.882. The van der Waals surface area contributed by atoms with E-state index in [4.69, 9.17) is 8.83 Å². The molecule has 0 saturated heterocycles. The molecule has 0 N–H and O–H groups in total. The molecule has 0 saturated carbocycles. The molecule has 12 rings (SSSR count). The van der Waals surface area contributed by atoms with Gasteiger partial charge in [-0.25, -0.2) is 0 Å².